The van der Waals surface area contributed by atoms with E-state index in [2.05, 4.69) is 5.10 Å². The van der Waals surface area contributed by atoms with Crippen LogP contribution in [0.1, 0.15) is 41.8 Å². The zero-order valence-electron chi connectivity index (χ0n) is 16.9. The number of carbonyl (C=O) groups is 1. The number of hydrogen-bond acceptors (Lipinski definition) is 4. The van der Waals surface area contributed by atoms with Gasteiger partial charge < -0.3 is 9.84 Å². The lowest BCUT2D eigenvalue weighted by Gasteiger charge is -2.32. The first kappa shape index (κ1) is 21.8. The molecule has 0 aromatic heterocycles. The summed E-state index contributed by atoms with van der Waals surface area (Å²) in [5.41, 5.74) is -1.19. The Labute approximate surface area is 172 Å². The highest BCUT2D eigenvalue weighted by Crippen LogP contribution is 2.42. The van der Waals surface area contributed by atoms with Crippen molar-refractivity contribution in [1.29, 1.82) is 0 Å². The topological polar surface area (TPSA) is 62.1 Å². The Morgan fingerprint density at radius 3 is 2.30 bits per heavy atom. The summed E-state index contributed by atoms with van der Waals surface area (Å²) >= 11 is 0. The molecule has 0 saturated carbocycles. The molecule has 8 heteroatoms. The first-order valence-electron chi connectivity index (χ1n) is 9.51. The van der Waals surface area contributed by atoms with E-state index in [1.165, 1.54) is 24.3 Å². The van der Waals surface area contributed by atoms with E-state index in [-0.39, 0.29) is 22.2 Å². The Bertz CT molecular complexity index is 938. The van der Waals surface area contributed by atoms with Gasteiger partial charge in [0.2, 0.25) is 0 Å². The number of benzene rings is 2. The minimum absolute atomic E-state index is 0.0332. The highest BCUT2D eigenvalue weighted by atomic mass is 19.4. The summed E-state index contributed by atoms with van der Waals surface area (Å²) in [7, 11) is 0. The third-order valence-corrected chi connectivity index (χ3v) is 4.95. The van der Waals surface area contributed by atoms with Crippen molar-refractivity contribution in [2.24, 2.45) is 11.0 Å². The van der Waals surface area contributed by atoms with Gasteiger partial charge >= 0.3 is 6.18 Å². The van der Waals surface area contributed by atoms with Crippen molar-refractivity contribution in [3.63, 3.8) is 0 Å². The van der Waals surface area contributed by atoms with Crippen LogP contribution in [0, 0.1) is 12.8 Å². The van der Waals surface area contributed by atoms with Crippen molar-refractivity contribution in [2.75, 3.05) is 0 Å². The Balaban J connectivity index is 1.76. The van der Waals surface area contributed by atoms with Crippen molar-refractivity contribution >= 4 is 11.6 Å². The quantitative estimate of drug-likeness (QED) is 0.764. The lowest BCUT2D eigenvalue weighted by molar-refractivity contribution is -0.297. The fourth-order valence-electron chi connectivity index (χ4n) is 2.99. The molecule has 1 heterocycles. The van der Waals surface area contributed by atoms with Crippen LogP contribution in [0.3, 0.4) is 0 Å². The van der Waals surface area contributed by atoms with Crippen molar-refractivity contribution < 1.29 is 27.8 Å². The molecular formula is C22H23F3N2O3. The molecule has 1 aliphatic rings. The maximum atomic E-state index is 13.5. The van der Waals surface area contributed by atoms with Crippen LogP contribution in [-0.2, 0) is 6.61 Å². The van der Waals surface area contributed by atoms with E-state index in [1.807, 2.05) is 31.2 Å². The number of alkyl halides is 3. The first-order valence-corrected chi connectivity index (χ1v) is 9.51. The minimum Gasteiger partial charge on any atom is -0.489 e. The molecule has 2 aromatic carbocycles. The standard InChI is InChI=1S/C22H23F3N2O3/c1-14(2)19-12-21(29,22(23,24)25)27(26-19)20(28)17-8-10-18(11-9-17)30-13-16-6-4-15(3)5-7-16/h4-11,14,29H,12-13H2,1-3H3/t21-/m0/s1. The highest BCUT2D eigenvalue weighted by molar-refractivity contribution is 5.98. The zero-order valence-corrected chi connectivity index (χ0v) is 16.9. The zero-order chi connectivity index (χ0) is 22.1. The molecular weight excluding hydrogens is 397 g/mol. The summed E-state index contributed by atoms with van der Waals surface area (Å²) in [4.78, 5) is 12.7. The van der Waals surface area contributed by atoms with Crippen molar-refractivity contribution in [3.05, 3.63) is 65.2 Å². The molecule has 160 valence electrons. The van der Waals surface area contributed by atoms with Gasteiger partial charge in [0.1, 0.15) is 12.4 Å². The van der Waals surface area contributed by atoms with Gasteiger partial charge in [-0.1, -0.05) is 43.7 Å². The van der Waals surface area contributed by atoms with Gasteiger partial charge in [-0.15, -0.1) is 0 Å². The molecule has 2 aromatic rings. The molecule has 5 nitrogen and oxygen atoms in total. The highest BCUT2D eigenvalue weighted by Gasteiger charge is 2.63. The fraction of sp³-hybridized carbons (Fsp3) is 0.364. The lowest BCUT2D eigenvalue weighted by atomic mass is 9.99. The van der Waals surface area contributed by atoms with Crippen molar-refractivity contribution in [2.45, 2.75) is 45.7 Å². The van der Waals surface area contributed by atoms with Gasteiger partial charge in [-0.2, -0.15) is 23.3 Å². The van der Waals surface area contributed by atoms with Crippen molar-refractivity contribution in [3.8, 4) is 5.75 Å². The van der Waals surface area contributed by atoms with Crippen molar-refractivity contribution in [1.82, 2.24) is 5.01 Å². The van der Waals surface area contributed by atoms with Crippen LogP contribution in [0.5, 0.6) is 5.75 Å². The van der Waals surface area contributed by atoms with Gasteiger partial charge in [0.15, 0.2) is 0 Å². The monoisotopic (exact) mass is 420 g/mol. The molecule has 0 saturated heterocycles. The average molecular weight is 420 g/mol. The molecule has 0 radical (unpaired) electrons. The van der Waals surface area contributed by atoms with Gasteiger partial charge in [0.05, 0.1) is 0 Å². The fourth-order valence-corrected chi connectivity index (χ4v) is 2.99. The van der Waals surface area contributed by atoms with Crippen LogP contribution < -0.4 is 4.74 Å². The summed E-state index contributed by atoms with van der Waals surface area (Å²) in [5, 5.41) is 14.2. The summed E-state index contributed by atoms with van der Waals surface area (Å²) < 4.78 is 46.2. The van der Waals surface area contributed by atoms with E-state index < -0.39 is 24.2 Å². The Kier molecular flexibility index (Phi) is 5.90. The molecule has 0 aliphatic carbocycles. The molecule has 1 N–H and O–H groups in total. The van der Waals surface area contributed by atoms with Gasteiger partial charge in [-0.25, -0.2) is 0 Å². The summed E-state index contributed by atoms with van der Waals surface area (Å²) in [5.74, 6) is -0.907. The number of nitrogens with zero attached hydrogens (tertiary/aromatic N) is 2. The second-order valence-electron chi connectivity index (χ2n) is 7.65. The second-order valence-corrected chi connectivity index (χ2v) is 7.65. The largest absolute Gasteiger partial charge is 0.489 e. The molecule has 0 bridgehead atoms. The van der Waals surface area contributed by atoms with E-state index in [4.69, 9.17) is 4.74 Å². The maximum absolute atomic E-state index is 13.5. The number of hydrogen-bond donors (Lipinski definition) is 1. The average Bonchev–Trinajstić information content (AvgIpc) is 3.07. The third kappa shape index (κ3) is 4.33. The van der Waals surface area contributed by atoms with E-state index in [0.717, 1.165) is 11.1 Å². The summed E-state index contributed by atoms with van der Waals surface area (Å²) in [6.07, 6.45) is -5.81. The SMILES string of the molecule is Cc1ccc(COc2ccc(C(=O)N3N=C(C(C)C)C[C@]3(O)C(F)(F)F)cc2)cc1. The summed E-state index contributed by atoms with van der Waals surface area (Å²) in [6, 6.07) is 13.5. The van der Waals surface area contributed by atoms with Gasteiger partial charge in [0, 0.05) is 17.7 Å². The number of aliphatic hydroxyl groups is 1. The Morgan fingerprint density at radius 1 is 1.17 bits per heavy atom. The predicted octanol–water partition coefficient (Wildman–Crippen LogP) is 4.68. The van der Waals surface area contributed by atoms with Crippen LogP contribution in [0.2, 0.25) is 0 Å². The third-order valence-electron chi connectivity index (χ3n) is 4.95. The van der Waals surface area contributed by atoms with Crippen LogP contribution in [-0.4, -0.2) is 33.6 Å². The van der Waals surface area contributed by atoms with Crippen LogP contribution in [0.15, 0.2) is 53.6 Å². The van der Waals surface area contributed by atoms with Gasteiger partial charge in [-0.05, 0) is 42.7 Å². The number of ether oxygens (including phenoxy) is 1. The van der Waals surface area contributed by atoms with E-state index in [0.29, 0.717) is 12.4 Å². The lowest BCUT2D eigenvalue weighted by Crippen LogP contribution is -2.56. The maximum Gasteiger partial charge on any atom is 0.438 e. The number of halogens is 3. The minimum atomic E-state index is -5.04. The van der Waals surface area contributed by atoms with Crippen LogP contribution in [0.25, 0.3) is 0 Å². The molecule has 1 atom stereocenters. The molecule has 0 spiro atoms. The smallest absolute Gasteiger partial charge is 0.438 e. The molecule has 3 rings (SSSR count). The molecule has 0 fully saturated rings. The molecule has 1 amide bonds. The van der Waals surface area contributed by atoms with Gasteiger partial charge in [-0.3, -0.25) is 4.79 Å². The Morgan fingerprint density at radius 2 is 1.77 bits per heavy atom. The van der Waals surface area contributed by atoms with E-state index >= 15 is 0 Å². The van der Waals surface area contributed by atoms with Crippen LogP contribution in [0.4, 0.5) is 13.2 Å². The number of hydrazone groups is 1. The normalized spacial score (nSPS) is 19.2. The molecule has 1 aliphatic heterocycles. The van der Waals surface area contributed by atoms with E-state index in [9.17, 15) is 23.1 Å². The van der Waals surface area contributed by atoms with Gasteiger partial charge in [0.25, 0.3) is 11.6 Å². The van der Waals surface area contributed by atoms with E-state index in [1.54, 1.807) is 13.8 Å². The molecule has 30 heavy (non-hydrogen) atoms. The number of carbonyl (C=O) groups excluding carboxylic acids is 1. The predicted molar refractivity (Wildman–Crippen MR) is 106 cm³/mol. The van der Waals surface area contributed by atoms with Crippen LogP contribution >= 0.6 is 0 Å². The molecule has 0 unspecified atom stereocenters. The number of rotatable bonds is 5. The first-order chi connectivity index (χ1) is 14.0. The second kappa shape index (κ2) is 8.10. The Hall–Kier alpha value is -2.87. The number of amides is 1. The summed E-state index contributed by atoms with van der Waals surface area (Å²) in [6.45, 7) is 5.61. The number of aryl methyl sites for hydroxylation is 1.